The van der Waals surface area contributed by atoms with Gasteiger partial charge in [-0.1, -0.05) is 0 Å². The third-order valence-electron chi connectivity index (χ3n) is 1.55. The quantitative estimate of drug-likeness (QED) is 0.643. The molecule has 0 aliphatic heterocycles. The Labute approximate surface area is 63.3 Å². The van der Waals surface area contributed by atoms with Gasteiger partial charge >= 0.3 is 10.3 Å². The lowest BCUT2D eigenvalue weighted by Crippen LogP contribution is -2.07. The Kier molecular flexibility index (Phi) is 1.05. The van der Waals surface area contributed by atoms with Crippen LogP contribution in [-0.4, -0.2) is 16.9 Å². The van der Waals surface area contributed by atoms with Gasteiger partial charge in [-0.2, -0.15) is 8.42 Å². The molecule has 2 aromatic heterocycles. The Bertz CT molecular complexity index is 422. The lowest BCUT2D eigenvalue weighted by atomic mass is 10.4. The maximum absolute atomic E-state index is 10.7. The number of hydrogen-bond donors (Lipinski definition) is 1. The van der Waals surface area contributed by atoms with Gasteiger partial charge in [0.2, 0.25) is 0 Å². The monoisotopic (exact) mass is 171 g/mol. The van der Waals surface area contributed by atoms with Crippen molar-refractivity contribution in [3.05, 3.63) is 24.3 Å². The van der Waals surface area contributed by atoms with Crippen LogP contribution in [0.15, 0.2) is 24.3 Å². The number of nitrogens with zero attached hydrogens (tertiary/aromatic N) is 1. The molecule has 0 atom stereocenters. The molecule has 11 heavy (non-hydrogen) atoms. The highest BCUT2D eigenvalue weighted by molar-refractivity contribution is 7.84. The van der Waals surface area contributed by atoms with Gasteiger partial charge in [-0.25, -0.2) is 3.97 Å². The molecule has 0 unspecified atom stereocenters. The zero-order valence-electron chi connectivity index (χ0n) is 5.43. The van der Waals surface area contributed by atoms with E-state index >= 15 is 0 Å². The molecule has 1 N–H and O–H groups in total. The molecule has 4 nitrogen and oxygen atoms in total. The third kappa shape index (κ3) is 0.816. The fourth-order valence-corrected chi connectivity index (χ4v) is 1.92. The minimum absolute atomic E-state index is 0.488. The zero-order chi connectivity index (χ0) is 8.06. The van der Waals surface area contributed by atoms with Gasteiger partial charge in [-0.15, -0.1) is 0 Å². The first-order valence-electron chi connectivity index (χ1n) is 2.97. The van der Waals surface area contributed by atoms with Gasteiger partial charge in [-0.05, 0) is 24.3 Å². The van der Waals surface area contributed by atoms with Crippen molar-refractivity contribution in [2.24, 2.45) is 0 Å². The SMILES string of the molecule is O=S(=O)(O)n1c2ccc1cc2. The molecular formula is C6H5NO3S. The minimum Gasteiger partial charge on any atom is -0.269 e. The van der Waals surface area contributed by atoms with Gasteiger partial charge in [0, 0.05) is 0 Å². The predicted molar refractivity (Wildman–Crippen MR) is 40.1 cm³/mol. The second-order valence-electron chi connectivity index (χ2n) is 2.26. The largest absolute Gasteiger partial charge is 0.364 e. The van der Waals surface area contributed by atoms with Crippen LogP contribution in [0.1, 0.15) is 0 Å². The first-order valence-corrected chi connectivity index (χ1v) is 4.36. The second-order valence-corrected chi connectivity index (χ2v) is 3.52. The van der Waals surface area contributed by atoms with E-state index in [0.29, 0.717) is 11.0 Å². The lowest BCUT2D eigenvalue weighted by molar-refractivity contribution is 0.476. The van der Waals surface area contributed by atoms with Crippen LogP contribution in [0.3, 0.4) is 0 Å². The number of fused-ring (bicyclic) bond motifs is 2. The van der Waals surface area contributed by atoms with E-state index in [4.69, 9.17) is 4.55 Å². The molecule has 2 rings (SSSR count). The van der Waals surface area contributed by atoms with E-state index < -0.39 is 10.3 Å². The fraction of sp³-hybridized carbons (Fsp3) is 0. The van der Waals surface area contributed by atoms with E-state index in [1.807, 2.05) is 0 Å². The summed E-state index contributed by atoms with van der Waals surface area (Å²) < 4.78 is 30.9. The maximum Gasteiger partial charge on any atom is 0.364 e. The summed E-state index contributed by atoms with van der Waals surface area (Å²) in [5.74, 6) is 0. The van der Waals surface area contributed by atoms with E-state index in [9.17, 15) is 8.42 Å². The Balaban J connectivity index is 2.92. The van der Waals surface area contributed by atoms with Crippen molar-refractivity contribution in [1.29, 1.82) is 0 Å². The molecule has 2 aromatic rings. The highest BCUT2D eigenvalue weighted by atomic mass is 32.2. The molecule has 58 valence electrons. The summed E-state index contributed by atoms with van der Waals surface area (Å²) in [5, 5.41) is 0. The van der Waals surface area contributed by atoms with Crippen molar-refractivity contribution in [3.63, 3.8) is 0 Å². The maximum atomic E-state index is 10.7. The van der Waals surface area contributed by atoms with Crippen LogP contribution in [0.2, 0.25) is 0 Å². The topological polar surface area (TPSA) is 59.3 Å². The van der Waals surface area contributed by atoms with Gasteiger partial charge in [0.1, 0.15) is 0 Å². The summed E-state index contributed by atoms with van der Waals surface area (Å²) in [7, 11) is -4.10. The number of rotatable bonds is 1. The molecule has 0 saturated carbocycles. The molecule has 0 aliphatic carbocycles. The third-order valence-corrected chi connectivity index (χ3v) is 2.43. The van der Waals surface area contributed by atoms with E-state index in [1.165, 1.54) is 0 Å². The van der Waals surface area contributed by atoms with E-state index in [-0.39, 0.29) is 0 Å². The normalized spacial score (nSPS) is 12.8. The van der Waals surface area contributed by atoms with E-state index in [2.05, 4.69) is 0 Å². The van der Waals surface area contributed by atoms with Gasteiger partial charge in [-0.3, -0.25) is 4.55 Å². The average Bonchev–Trinajstić information content (AvgIpc) is 2.40. The summed E-state index contributed by atoms with van der Waals surface area (Å²) in [6.07, 6.45) is 0. The summed E-state index contributed by atoms with van der Waals surface area (Å²) in [4.78, 5) is 0. The predicted octanol–water partition coefficient (Wildman–Crippen LogP) is 0.730. The molecule has 0 saturated heterocycles. The van der Waals surface area contributed by atoms with E-state index in [1.54, 1.807) is 24.3 Å². The highest BCUT2D eigenvalue weighted by Crippen LogP contribution is 2.17. The Hall–Kier alpha value is -1.07. The van der Waals surface area contributed by atoms with Crippen LogP contribution < -0.4 is 0 Å². The van der Waals surface area contributed by atoms with Crippen molar-refractivity contribution in [1.82, 2.24) is 3.97 Å². The van der Waals surface area contributed by atoms with Crippen molar-refractivity contribution in [2.45, 2.75) is 0 Å². The van der Waals surface area contributed by atoms with Crippen LogP contribution in [0.4, 0.5) is 0 Å². The standard InChI is InChI=1S/C6H5NO3S/c8-11(9,10)7-5-1-2-6(7)4-3-5/h1-4H,(H,8,9,10). The zero-order valence-corrected chi connectivity index (χ0v) is 6.25. The van der Waals surface area contributed by atoms with Gasteiger partial charge in [0.15, 0.2) is 0 Å². The van der Waals surface area contributed by atoms with Crippen molar-refractivity contribution in [3.8, 4) is 0 Å². The molecule has 5 heteroatoms. The minimum atomic E-state index is -4.10. The fourth-order valence-electron chi connectivity index (χ4n) is 1.14. The van der Waals surface area contributed by atoms with Crippen LogP contribution in [0.25, 0.3) is 11.0 Å². The van der Waals surface area contributed by atoms with E-state index in [0.717, 1.165) is 3.97 Å². The summed E-state index contributed by atoms with van der Waals surface area (Å²) >= 11 is 0. The molecular weight excluding hydrogens is 166 g/mol. The van der Waals surface area contributed by atoms with Gasteiger partial charge in [0.05, 0.1) is 11.0 Å². The number of aromatic nitrogens is 1. The molecule has 2 heterocycles. The van der Waals surface area contributed by atoms with Crippen LogP contribution in [0.5, 0.6) is 0 Å². The second kappa shape index (κ2) is 1.75. The Morgan fingerprint density at radius 3 is 1.64 bits per heavy atom. The summed E-state index contributed by atoms with van der Waals surface area (Å²) in [5.41, 5.74) is 0.977. The lowest BCUT2D eigenvalue weighted by Gasteiger charge is -1.95. The molecule has 2 bridgehead atoms. The summed E-state index contributed by atoms with van der Waals surface area (Å²) in [6, 6.07) is 6.51. The van der Waals surface area contributed by atoms with Crippen molar-refractivity contribution < 1.29 is 13.0 Å². The van der Waals surface area contributed by atoms with Crippen molar-refractivity contribution >= 4 is 21.3 Å². The molecule has 0 amide bonds. The first-order chi connectivity index (χ1) is 5.09. The molecule has 0 radical (unpaired) electrons. The molecule has 0 fully saturated rings. The van der Waals surface area contributed by atoms with Crippen LogP contribution >= 0.6 is 0 Å². The first kappa shape index (κ1) is 6.63. The number of hydrogen-bond acceptors (Lipinski definition) is 2. The smallest absolute Gasteiger partial charge is 0.269 e. The van der Waals surface area contributed by atoms with Crippen molar-refractivity contribution in [2.75, 3.05) is 0 Å². The highest BCUT2D eigenvalue weighted by Gasteiger charge is 2.13. The summed E-state index contributed by atoms with van der Waals surface area (Å²) in [6.45, 7) is 0. The van der Waals surface area contributed by atoms with Gasteiger partial charge in [0.25, 0.3) is 0 Å². The molecule has 0 aromatic carbocycles. The average molecular weight is 171 g/mol. The Morgan fingerprint density at radius 1 is 1.09 bits per heavy atom. The Morgan fingerprint density at radius 2 is 1.45 bits per heavy atom. The molecule has 0 aliphatic rings. The van der Waals surface area contributed by atoms with Crippen LogP contribution in [-0.2, 0) is 10.3 Å². The molecule has 0 spiro atoms. The van der Waals surface area contributed by atoms with Crippen LogP contribution in [0, 0.1) is 0 Å². The van der Waals surface area contributed by atoms with Gasteiger partial charge < -0.3 is 0 Å². The number of benzene rings is 1.